The van der Waals surface area contributed by atoms with Crippen molar-refractivity contribution < 1.29 is 14.3 Å². The predicted molar refractivity (Wildman–Crippen MR) is 120 cm³/mol. The van der Waals surface area contributed by atoms with Crippen molar-refractivity contribution in [2.24, 2.45) is 5.92 Å². The molecule has 1 heterocycles. The molecule has 1 fully saturated rings. The van der Waals surface area contributed by atoms with E-state index in [9.17, 15) is 4.79 Å². The van der Waals surface area contributed by atoms with E-state index in [1.54, 1.807) is 0 Å². The third-order valence-corrected chi connectivity index (χ3v) is 5.22. The monoisotopic (exact) mass is 410 g/mol. The maximum absolute atomic E-state index is 13.1. The second-order valence-corrected chi connectivity index (χ2v) is 8.22. The molecule has 0 aliphatic carbocycles. The van der Waals surface area contributed by atoms with E-state index < -0.39 is 0 Å². The molecule has 2 aromatic rings. The van der Waals surface area contributed by atoms with Gasteiger partial charge in [-0.15, -0.1) is 0 Å². The lowest BCUT2D eigenvalue weighted by Gasteiger charge is -2.35. The number of rotatable bonds is 9. The van der Waals surface area contributed by atoms with Gasteiger partial charge in [-0.1, -0.05) is 44.2 Å². The van der Waals surface area contributed by atoms with Gasteiger partial charge >= 0.3 is 0 Å². The molecule has 2 aromatic carbocycles. The number of ether oxygens (including phenoxy) is 2. The molecule has 5 heteroatoms. The largest absolute Gasteiger partial charge is 0.494 e. The molecule has 1 aliphatic rings. The highest BCUT2D eigenvalue weighted by Crippen LogP contribution is 2.23. The molecule has 1 saturated heterocycles. The van der Waals surface area contributed by atoms with E-state index in [-0.39, 0.29) is 5.91 Å². The molecule has 0 spiro atoms. The van der Waals surface area contributed by atoms with E-state index in [1.165, 1.54) is 5.56 Å². The average molecular weight is 411 g/mol. The van der Waals surface area contributed by atoms with Crippen molar-refractivity contribution in [2.45, 2.75) is 33.9 Å². The van der Waals surface area contributed by atoms with Crippen molar-refractivity contribution in [3.63, 3.8) is 0 Å². The van der Waals surface area contributed by atoms with Crippen molar-refractivity contribution in [3.8, 4) is 5.75 Å². The summed E-state index contributed by atoms with van der Waals surface area (Å²) in [7, 11) is 0. The summed E-state index contributed by atoms with van der Waals surface area (Å²) in [6.07, 6.45) is 0. The smallest absolute Gasteiger partial charge is 0.253 e. The molecular formula is C25H34N2O3. The van der Waals surface area contributed by atoms with Crippen LogP contribution in [0.3, 0.4) is 0 Å². The van der Waals surface area contributed by atoms with Crippen LogP contribution in [0, 0.1) is 5.92 Å². The molecular weight excluding hydrogens is 376 g/mol. The van der Waals surface area contributed by atoms with Crippen molar-refractivity contribution in [1.82, 2.24) is 9.80 Å². The highest BCUT2D eigenvalue weighted by Gasteiger charge is 2.23. The topological polar surface area (TPSA) is 42.0 Å². The van der Waals surface area contributed by atoms with Crippen LogP contribution in [0.4, 0.5) is 0 Å². The predicted octanol–water partition coefficient (Wildman–Crippen LogP) is 4.22. The Morgan fingerprint density at radius 2 is 1.77 bits per heavy atom. The van der Waals surface area contributed by atoms with E-state index >= 15 is 0 Å². The van der Waals surface area contributed by atoms with E-state index in [0.717, 1.165) is 44.0 Å². The van der Waals surface area contributed by atoms with Crippen molar-refractivity contribution in [2.75, 3.05) is 39.4 Å². The first-order chi connectivity index (χ1) is 14.6. The third kappa shape index (κ3) is 6.31. The summed E-state index contributed by atoms with van der Waals surface area (Å²) in [6.45, 7) is 12.2. The SMILES string of the molecule is CCOc1ccc(C(=O)N2CCN(Cc3ccccc3)CC2)cc1COCC(C)C. The fourth-order valence-corrected chi connectivity index (χ4v) is 3.66. The molecule has 0 N–H and O–H groups in total. The Bertz CT molecular complexity index is 799. The fourth-order valence-electron chi connectivity index (χ4n) is 3.66. The van der Waals surface area contributed by atoms with Crippen molar-refractivity contribution in [1.29, 1.82) is 0 Å². The molecule has 0 atom stereocenters. The first kappa shape index (κ1) is 22.3. The normalized spacial score (nSPS) is 14.9. The van der Waals surface area contributed by atoms with E-state index in [2.05, 4.69) is 43.0 Å². The van der Waals surface area contributed by atoms with Crippen molar-refractivity contribution >= 4 is 5.91 Å². The summed E-state index contributed by atoms with van der Waals surface area (Å²) in [5.41, 5.74) is 2.96. The number of carbonyl (C=O) groups is 1. The van der Waals surface area contributed by atoms with Crippen LogP contribution in [-0.2, 0) is 17.9 Å². The quantitative estimate of drug-likeness (QED) is 0.621. The minimum Gasteiger partial charge on any atom is -0.494 e. The van der Waals surface area contributed by atoms with Gasteiger partial charge in [-0.3, -0.25) is 9.69 Å². The van der Waals surface area contributed by atoms with Crippen LogP contribution in [0.1, 0.15) is 42.3 Å². The lowest BCUT2D eigenvalue weighted by Crippen LogP contribution is -2.48. The first-order valence-corrected chi connectivity index (χ1v) is 11.0. The lowest BCUT2D eigenvalue weighted by molar-refractivity contribution is 0.0627. The number of hydrogen-bond donors (Lipinski definition) is 0. The Hall–Kier alpha value is -2.37. The Morgan fingerprint density at radius 3 is 2.43 bits per heavy atom. The number of benzene rings is 2. The minimum atomic E-state index is 0.0857. The number of hydrogen-bond acceptors (Lipinski definition) is 4. The molecule has 0 bridgehead atoms. The lowest BCUT2D eigenvalue weighted by atomic mass is 10.1. The first-order valence-electron chi connectivity index (χ1n) is 11.0. The molecule has 0 unspecified atom stereocenters. The summed E-state index contributed by atoms with van der Waals surface area (Å²) in [5.74, 6) is 1.35. The molecule has 0 radical (unpaired) electrons. The summed E-state index contributed by atoms with van der Waals surface area (Å²) in [5, 5.41) is 0. The van der Waals surface area contributed by atoms with Crippen LogP contribution < -0.4 is 4.74 Å². The Morgan fingerprint density at radius 1 is 1.03 bits per heavy atom. The van der Waals surface area contributed by atoms with E-state index in [4.69, 9.17) is 9.47 Å². The van der Waals surface area contributed by atoms with Gasteiger partial charge < -0.3 is 14.4 Å². The maximum Gasteiger partial charge on any atom is 0.253 e. The van der Waals surface area contributed by atoms with Crippen LogP contribution in [-0.4, -0.2) is 55.1 Å². The Kier molecular flexibility index (Phi) is 8.29. The van der Waals surface area contributed by atoms with Gasteiger partial charge in [-0.2, -0.15) is 0 Å². The Labute approximate surface area is 180 Å². The fraction of sp³-hybridized carbons (Fsp3) is 0.480. The summed E-state index contributed by atoms with van der Waals surface area (Å²) in [4.78, 5) is 17.5. The molecule has 3 rings (SSSR count). The van der Waals surface area contributed by atoms with Crippen LogP contribution >= 0.6 is 0 Å². The molecule has 30 heavy (non-hydrogen) atoms. The van der Waals surface area contributed by atoms with Gasteiger partial charge in [-0.25, -0.2) is 0 Å². The van der Waals surface area contributed by atoms with Gasteiger partial charge in [0.2, 0.25) is 0 Å². The van der Waals surface area contributed by atoms with E-state index in [0.29, 0.717) is 31.3 Å². The van der Waals surface area contributed by atoms with Gasteiger partial charge in [0, 0.05) is 50.5 Å². The summed E-state index contributed by atoms with van der Waals surface area (Å²) >= 11 is 0. The second kappa shape index (κ2) is 11.1. The molecule has 0 aromatic heterocycles. The molecule has 5 nitrogen and oxygen atoms in total. The number of nitrogens with zero attached hydrogens (tertiary/aromatic N) is 2. The van der Waals surface area contributed by atoms with Gasteiger partial charge in [0.05, 0.1) is 13.2 Å². The van der Waals surface area contributed by atoms with E-state index in [1.807, 2.05) is 36.1 Å². The van der Waals surface area contributed by atoms with Gasteiger partial charge in [0.15, 0.2) is 0 Å². The highest BCUT2D eigenvalue weighted by molar-refractivity contribution is 5.94. The van der Waals surface area contributed by atoms with Crippen LogP contribution in [0.15, 0.2) is 48.5 Å². The molecule has 162 valence electrons. The standard InChI is InChI=1S/C25H34N2O3/c1-4-30-24-11-10-22(16-23(24)19-29-18-20(2)3)25(28)27-14-12-26(13-15-27)17-21-8-6-5-7-9-21/h5-11,16,20H,4,12-15,17-19H2,1-3H3. The van der Waals surface area contributed by atoms with Gasteiger partial charge in [0.1, 0.15) is 5.75 Å². The molecule has 0 saturated carbocycles. The van der Waals surface area contributed by atoms with Crippen LogP contribution in [0.25, 0.3) is 0 Å². The molecule has 1 aliphatic heterocycles. The van der Waals surface area contributed by atoms with Gasteiger partial charge in [-0.05, 0) is 36.6 Å². The minimum absolute atomic E-state index is 0.0857. The number of carbonyl (C=O) groups excluding carboxylic acids is 1. The third-order valence-electron chi connectivity index (χ3n) is 5.22. The summed E-state index contributed by atoms with van der Waals surface area (Å²) in [6, 6.07) is 16.2. The maximum atomic E-state index is 13.1. The zero-order valence-corrected chi connectivity index (χ0v) is 18.5. The van der Waals surface area contributed by atoms with Crippen molar-refractivity contribution in [3.05, 3.63) is 65.2 Å². The summed E-state index contributed by atoms with van der Waals surface area (Å²) < 4.78 is 11.5. The Balaban J connectivity index is 1.60. The number of piperazine rings is 1. The van der Waals surface area contributed by atoms with Crippen LogP contribution in [0.2, 0.25) is 0 Å². The zero-order chi connectivity index (χ0) is 21.3. The highest BCUT2D eigenvalue weighted by atomic mass is 16.5. The second-order valence-electron chi connectivity index (χ2n) is 8.22. The molecule has 1 amide bonds. The zero-order valence-electron chi connectivity index (χ0n) is 18.5. The van der Waals surface area contributed by atoms with Crippen LogP contribution in [0.5, 0.6) is 5.75 Å². The average Bonchev–Trinajstić information content (AvgIpc) is 2.75. The number of amides is 1. The van der Waals surface area contributed by atoms with Gasteiger partial charge in [0.25, 0.3) is 5.91 Å².